The van der Waals surface area contributed by atoms with E-state index in [0.29, 0.717) is 5.92 Å². The summed E-state index contributed by atoms with van der Waals surface area (Å²) in [5, 5.41) is 9.63. The van der Waals surface area contributed by atoms with Crippen molar-refractivity contribution in [1.29, 1.82) is 0 Å². The van der Waals surface area contributed by atoms with Crippen molar-refractivity contribution >= 4 is 11.8 Å². The van der Waals surface area contributed by atoms with Gasteiger partial charge < -0.3 is 4.57 Å². The maximum Gasteiger partial charge on any atom is 0.191 e. The molecule has 1 aromatic carbocycles. The predicted octanol–water partition coefficient (Wildman–Crippen LogP) is 3.29. The van der Waals surface area contributed by atoms with Crippen molar-refractivity contribution < 1.29 is 0 Å². The first kappa shape index (κ1) is 11.8. The van der Waals surface area contributed by atoms with E-state index in [9.17, 15) is 0 Å². The van der Waals surface area contributed by atoms with Crippen molar-refractivity contribution in [1.82, 2.24) is 14.8 Å². The Hall–Kier alpha value is -1.29. The molecule has 0 radical (unpaired) electrons. The Bertz CT molecular complexity index is 558. The zero-order valence-corrected chi connectivity index (χ0v) is 11.6. The molecule has 0 unspecified atom stereocenters. The van der Waals surface area contributed by atoms with E-state index >= 15 is 0 Å². The van der Waals surface area contributed by atoms with Crippen LogP contribution in [0.15, 0.2) is 29.4 Å². The Morgan fingerprint density at radius 1 is 1.28 bits per heavy atom. The number of nitrogens with zero attached hydrogens (tertiary/aromatic N) is 3. The molecule has 1 aliphatic rings. The van der Waals surface area contributed by atoms with Gasteiger partial charge in [-0.05, 0) is 30.9 Å². The molecule has 1 aromatic heterocycles. The standard InChI is InChI=1S/C14H17N3S/c1-10-5-3-4-6-12(10)9-18-14-16-15-13(17(14)2)11-7-8-11/h3-6,11H,7-9H2,1-2H3. The van der Waals surface area contributed by atoms with Gasteiger partial charge >= 0.3 is 0 Å². The number of rotatable bonds is 4. The van der Waals surface area contributed by atoms with E-state index in [0.717, 1.165) is 16.7 Å². The molecule has 0 bridgehead atoms. The molecule has 0 aliphatic heterocycles. The highest BCUT2D eigenvalue weighted by atomic mass is 32.2. The zero-order chi connectivity index (χ0) is 12.5. The lowest BCUT2D eigenvalue weighted by atomic mass is 10.1. The van der Waals surface area contributed by atoms with Gasteiger partial charge in [0.25, 0.3) is 0 Å². The van der Waals surface area contributed by atoms with Crippen LogP contribution in [0.5, 0.6) is 0 Å². The van der Waals surface area contributed by atoms with Gasteiger partial charge in [-0.3, -0.25) is 0 Å². The van der Waals surface area contributed by atoms with Crippen LogP contribution in [0.25, 0.3) is 0 Å². The summed E-state index contributed by atoms with van der Waals surface area (Å²) >= 11 is 1.77. The number of benzene rings is 1. The van der Waals surface area contributed by atoms with Crippen LogP contribution in [0, 0.1) is 6.92 Å². The SMILES string of the molecule is Cc1ccccc1CSc1nnc(C2CC2)n1C. The maximum atomic E-state index is 4.30. The summed E-state index contributed by atoms with van der Waals surface area (Å²) in [5.41, 5.74) is 2.72. The molecule has 0 spiro atoms. The fraction of sp³-hybridized carbons (Fsp3) is 0.429. The molecule has 0 atom stereocenters. The Kier molecular flexibility index (Phi) is 3.12. The normalized spacial score (nSPS) is 15.0. The molecule has 18 heavy (non-hydrogen) atoms. The third kappa shape index (κ3) is 2.29. The van der Waals surface area contributed by atoms with Crippen LogP contribution in [0.2, 0.25) is 0 Å². The Morgan fingerprint density at radius 3 is 2.78 bits per heavy atom. The molecule has 0 amide bonds. The van der Waals surface area contributed by atoms with E-state index in [1.165, 1.54) is 24.0 Å². The highest BCUT2D eigenvalue weighted by molar-refractivity contribution is 7.98. The molecule has 94 valence electrons. The minimum absolute atomic E-state index is 0.662. The van der Waals surface area contributed by atoms with Gasteiger partial charge in [-0.25, -0.2) is 0 Å². The molecule has 0 N–H and O–H groups in total. The second-order valence-electron chi connectivity index (χ2n) is 4.89. The first-order chi connectivity index (χ1) is 8.75. The first-order valence-electron chi connectivity index (χ1n) is 6.32. The van der Waals surface area contributed by atoms with Gasteiger partial charge in [0.2, 0.25) is 0 Å². The van der Waals surface area contributed by atoms with Gasteiger partial charge in [-0.2, -0.15) is 0 Å². The van der Waals surface area contributed by atoms with E-state index < -0.39 is 0 Å². The molecule has 1 fully saturated rings. The fourth-order valence-electron chi connectivity index (χ4n) is 2.06. The Labute approximate surface area is 112 Å². The average Bonchev–Trinajstić information content (AvgIpc) is 3.14. The molecule has 3 nitrogen and oxygen atoms in total. The molecular formula is C14H17N3S. The predicted molar refractivity (Wildman–Crippen MR) is 73.7 cm³/mol. The average molecular weight is 259 g/mol. The number of aryl methyl sites for hydroxylation is 1. The third-order valence-corrected chi connectivity index (χ3v) is 4.50. The molecule has 1 saturated carbocycles. The molecule has 0 saturated heterocycles. The number of hydrogen-bond donors (Lipinski definition) is 0. The smallest absolute Gasteiger partial charge is 0.191 e. The lowest BCUT2D eigenvalue weighted by Crippen LogP contribution is -1.97. The van der Waals surface area contributed by atoms with Crippen LogP contribution in [0.3, 0.4) is 0 Å². The summed E-state index contributed by atoms with van der Waals surface area (Å²) in [5.74, 6) is 2.78. The second-order valence-corrected chi connectivity index (χ2v) is 5.83. The van der Waals surface area contributed by atoms with Gasteiger partial charge in [0.15, 0.2) is 5.16 Å². The largest absolute Gasteiger partial charge is 0.309 e. The van der Waals surface area contributed by atoms with E-state index in [4.69, 9.17) is 0 Å². The van der Waals surface area contributed by atoms with Crippen molar-refractivity contribution in [2.24, 2.45) is 7.05 Å². The lowest BCUT2D eigenvalue weighted by Gasteiger charge is -2.05. The van der Waals surface area contributed by atoms with Crippen LogP contribution in [0.1, 0.15) is 35.7 Å². The fourth-order valence-corrected chi connectivity index (χ4v) is 3.06. The molecule has 2 aromatic rings. The van der Waals surface area contributed by atoms with Gasteiger partial charge in [0.05, 0.1) is 0 Å². The third-order valence-electron chi connectivity index (χ3n) is 3.43. The highest BCUT2D eigenvalue weighted by Crippen LogP contribution is 2.39. The number of hydrogen-bond acceptors (Lipinski definition) is 3. The highest BCUT2D eigenvalue weighted by Gasteiger charge is 2.29. The summed E-state index contributed by atoms with van der Waals surface area (Å²) in [6.07, 6.45) is 2.54. The van der Waals surface area contributed by atoms with Crippen molar-refractivity contribution in [3.63, 3.8) is 0 Å². The number of thioether (sulfide) groups is 1. The van der Waals surface area contributed by atoms with Crippen LogP contribution >= 0.6 is 11.8 Å². The monoisotopic (exact) mass is 259 g/mol. The Balaban J connectivity index is 1.72. The molecular weight excluding hydrogens is 242 g/mol. The minimum atomic E-state index is 0.662. The van der Waals surface area contributed by atoms with Crippen LogP contribution < -0.4 is 0 Å². The first-order valence-corrected chi connectivity index (χ1v) is 7.31. The van der Waals surface area contributed by atoms with Gasteiger partial charge in [-0.15, -0.1) is 10.2 Å². The van der Waals surface area contributed by atoms with Gasteiger partial charge in [-0.1, -0.05) is 36.0 Å². The van der Waals surface area contributed by atoms with Crippen LogP contribution in [-0.4, -0.2) is 14.8 Å². The van der Waals surface area contributed by atoms with Crippen molar-refractivity contribution in [2.45, 2.75) is 36.6 Å². The molecule has 1 heterocycles. The van der Waals surface area contributed by atoms with Crippen molar-refractivity contribution in [2.75, 3.05) is 0 Å². The quantitative estimate of drug-likeness (QED) is 0.789. The van der Waals surface area contributed by atoms with Crippen LogP contribution in [0.4, 0.5) is 0 Å². The van der Waals surface area contributed by atoms with Crippen molar-refractivity contribution in [3.8, 4) is 0 Å². The molecule has 4 heteroatoms. The molecule has 1 aliphatic carbocycles. The summed E-state index contributed by atoms with van der Waals surface area (Å²) in [4.78, 5) is 0. The summed E-state index contributed by atoms with van der Waals surface area (Å²) in [6, 6.07) is 8.51. The second kappa shape index (κ2) is 4.76. The van der Waals surface area contributed by atoms with E-state index in [2.05, 4.69) is 53.0 Å². The van der Waals surface area contributed by atoms with E-state index in [-0.39, 0.29) is 0 Å². The topological polar surface area (TPSA) is 30.7 Å². The van der Waals surface area contributed by atoms with E-state index in [1.54, 1.807) is 11.8 Å². The lowest BCUT2D eigenvalue weighted by molar-refractivity contribution is 0.736. The summed E-state index contributed by atoms with van der Waals surface area (Å²) < 4.78 is 2.15. The van der Waals surface area contributed by atoms with Crippen molar-refractivity contribution in [3.05, 3.63) is 41.2 Å². The Morgan fingerprint density at radius 2 is 2.06 bits per heavy atom. The summed E-state index contributed by atoms with van der Waals surface area (Å²) in [6.45, 7) is 2.15. The van der Waals surface area contributed by atoms with Gasteiger partial charge in [0, 0.05) is 18.7 Å². The summed E-state index contributed by atoms with van der Waals surface area (Å²) in [7, 11) is 2.08. The van der Waals surface area contributed by atoms with E-state index in [1.807, 2.05) is 0 Å². The minimum Gasteiger partial charge on any atom is -0.309 e. The molecule has 3 rings (SSSR count). The zero-order valence-electron chi connectivity index (χ0n) is 10.8. The maximum absolute atomic E-state index is 4.30. The van der Waals surface area contributed by atoms with Gasteiger partial charge in [0.1, 0.15) is 5.82 Å². The van der Waals surface area contributed by atoms with Crippen LogP contribution in [-0.2, 0) is 12.8 Å². The number of aromatic nitrogens is 3.